The number of aromatic nitrogens is 2. The van der Waals surface area contributed by atoms with Crippen molar-refractivity contribution in [1.82, 2.24) is 14.5 Å². The molecule has 7 heteroatoms. The van der Waals surface area contributed by atoms with Crippen molar-refractivity contribution in [2.75, 3.05) is 6.54 Å². The number of carbonyl (C=O) groups is 1. The first-order valence-corrected chi connectivity index (χ1v) is 11.8. The minimum absolute atomic E-state index is 0.0156. The lowest BCUT2D eigenvalue weighted by Gasteiger charge is -2.30. The molecule has 0 fully saturated rings. The highest BCUT2D eigenvalue weighted by molar-refractivity contribution is 7.10. The molecule has 0 N–H and O–H groups in total. The monoisotopic (exact) mass is 465 g/mol. The van der Waals surface area contributed by atoms with Crippen molar-refractivity contribution in [1.29, 1.82) is 0 Å². The van der Waals surface area contributed by atoms with Crippen molar-refractivity contribution in [3.05, 3.63) is 92.1 Å². The van der Waals surface area contributed by atoms with Crippen LogP contribution < -0.4 is 5.56 Å². The minimum atomic E-state index is -0.404. The van der Waals surface area contributed by atoms with Crippen LogP contribution in [0.4, 0.5) is 0 Å². The Labute approximate surface area is 195 Å². The van der Waals surface area contributed by atoms with Gasteiger partial charge in [-0.25, -0.2) is 4.98 Å². The zero-order chi connectivity index (χ0) is 22.7. The summed E-state index contributed by atoms with van der Waals surface area (Å²) >= 11 is 7.81. The first-order chi connectivity index (χ1) is 15.5. The van der Waals surface area contributed by atoms with Gasteiger partial charge in [-0.15, -0.1) is 11.3 Å². The highest BCUT2D eigenvalue weighted by Crippen LogP contribution is 2.25. The average molecular weight is 466 g/mol. The second kappa shape index (κ2) is 9.67. The minimum Gasteiger partial charge on any atom is -0.332 e. The van der Waals surface area contributed by atoms with Crippen LogP contribution >= 0.6 is 22.9 Å². The molecule has 0 saturated heterocycles. The predicted octanol–water partition coefficient (Wildman–Crippen LogP) is 5.64. The zero-order valence-corrected chi connectivity index (χ0v) is 19.6. The number of hydrogen-bond acceptors (Lipinski definition) is 4. The number of amides is 1. The first kappa shape index (κ1) is 22.2. The SMILES string of the molecule is CCCN(C(=O)Cc1cccs1)C(C)c1nc2ccccc2c(=O)n1-c1cccc(Cl)c1. The van der Waals surface area contributed by atoms with Crippen LogP contribution in [0.3, 0.4) is 0 Å². The second-order valence-electron chi connectivity index (χ2n) is 7.63. The van der Waals surface area contributed by atoms with E-state index in [0.29, 0.717) is 40.4 Å². The summed E-state index contributed by atoms with van der Waals surface area (Å²) in [4.78, 5) is 34.5. The number of rotatable bonds is 7. The number of carbonyl (C=O) groups excluding carboxylic acids is 1. The number of para-hydroxylation sites is 1. The molecule has 0 aliphatic carbocycles. The lowest BCUT2D eigenvalue weighted by molar-refractivity contribution is -0.132. The molecule has 0 aliphatic heterocycles. The van der Waals surface area contributed by atoms with Gasteiger partial charge in [0, 0.05) is 16.4 Å². The van der Waals surface area contributed by atoms with E-state index in [1.807, 2.05) is 60.5 Å². The summed E-state index contributed by atoms with van der Waals surface area (Å²) < 4.78 is 1.58. The summed E-state index contributed by atoms with van der Waals surface area (Å²) in [6, 6.07) is 17.9. The molecule has 4 rings (SSSR count). The van der Waals surface area contributed by atoms with Gasteiger partial charge >= 0.3 is 0 Å². The van der Waals surface area contributed by atoms with Crippen LogP contribution in [0.2, 0.25) is 5.02 Å². The van der Waals surface area contributed by atoms with Gasteiger partial charge in [0.2, 0.25) is 5.91 Å². The van der Waals surface area contributed by atoms with Crippen LogP contribution in [0.1, 0.15) is 37.0 Å². The van der Waals surface area contributed by atoms with E-state index in [2.05, 4.69) is 0 Å². The molecule has 2 heterocycles. The Kier molecular flexibility index (Phi) is 6.72. The summed E-state index contributed by atoms with van der Waals surface area (Å²) in [5, 5.41) is 3.02. The molecule has 0 bridgehead atoms. The first-order valence-electron chi connectivity index (χ1n) is 10.6. The third-order valence-electron chi connectivity index (χ3n) is 5.40. The quantitative estimate of drug-likeness (QED) is 0.354. The van der Waals surface area contributed by atoms with Crippen LogP contribution in [0.15, 0.2) is 70.8 Å². The molecular formula is C25H24ClN3O2S. The van der Waals surface area contributed by atoms with Crippen LogP contribution in [0.25, 0.3) is 16.6 Å². The molecule has 2 aromatic heterocycles. The molecule has 5 nitrogen and oxygen atoms in total. The van der Waals surface area contributed by atoms with E-state index in [9.17, 15) is 9.59 Å². The Morgan fingerprint density at radius 2 is 1.97 bits per heavy atom. The van der Waals surface area contributed by atoms with E-state index >= 15 is 0 Å². The molecule has 32 heavy (non-hydrogen) atoms. The molecule has 0 saturated carbocycles. The van der Waals surface area contributed by atoms with Gasteiger partial charge in [-0.2, -0.15) is 0 Å². The summed E-state index contributed by atoms with van der Waals surface area (Å²) in [6.07, 6.45) is 1.13. The fraction of sp³-hybridized carbons (Fsp3) is 0.240. The summed E-state index contributed by atoms with van der Waals surface area (Å²) in [6.45, 7) is 4.54. The molecule has 0 spiro atoms. The number of hydrogen-bond donors (Lipinski definition) is 0. The molecule has 1 atom stereocenters. The Bertz CT molecular complexity index is 1300. The second-order valence-corrected chi connectivity index (χ2v) is 9.10. The Morgan fingerprint density at radius 1 is 1.16 bits per heavy atom. The van der Waals surface area contributed by atoms with Crippen LogP contribution in [0, 0.1) is 0 Å². The lowest BCUT2D eigenvalue weighted by Crippen LogP contribution is -2.38. The normalized spacial score (nSPS) is 12.1. The molecule has 1 unspecified atom stereocenters. The number of nitrogens with zero attached hydrogens (tertiary/aromatic N) is 3. The maximum absolute atomic E-state index is 13.6. The number of halogens is 1. The molecule has 1 amide bonds. The van der Waals surface area contributed by atoms with E-state index in [0.717, 1.165) is 11.3 Å². The van der Waals surface area contributed by atoms with E-state index in [4.69, 9.17) is 16.6 Å². The van der Waals surface area contributed by atoms with Gasteiger partial charge in [0.05, 0.1) is 29.1 Å². The van der Waals surface area contributed by atoms with Crippen LogP contribution in [0.5, 0.6) is 0 Å². The number of benzene rings is 2. The molecule has 2 aromatic carbocycles. The van der Waals surface area contributed by atoms with Gasteiger partial charge in [-0.1, -0.05) is 42.8 Å². The van der Waals surface area contributed by atoms with Gasteiger partial charge < -0.3 is 4.90 Å². The van der Waals surface area contributed by atoms with Crippen molar-refractivity contribution in [2.45, 2.75) is 32.7 Å². The smallest absolute Gasteiger partial charge is 0.266 e. The zero-order valence-electron chi connectivity index (χ0n) is 18.0. The third-order valence-corrected chi connectivity index (χ3v) is 6.51. The Hall–Kier alpha value is -2.96. The van der Waals surface area contributed by atoms with Crippen LogP contribution in [-0.4, -0.2) is 26.9 Å². The summed E-state index contributed by atoms with van der Waals surface area (Å²) in [7, 11) is 0. The number of thiophene rings is 1. The van der Waals surface area contributed by atoms with Gasteiger partial charge in [0.1, 0.15) is 5.82 Å². The number of fused-ring (bicyclic) bond motifs is 1. The lowest BCUT2D eigenvalue weighted by atomic mass is 10.1. The van der Waals surface area contributed by atoms with Gasteiger partial charge in [0.15, 0.2) is 0 Å². The maximum atomic E-state index is 13.6. The van der Waals surface area contributed by atoms with Crippen molar-refractivity contribution in [2.24, 2.45) is 0 Å². The molecular weight excluding hydrogens is 442 g/mol. The van der Waals surface area contributed by atoms with Crippen LogP contribution in [-0.2, 0) is 11.2 Å². The Morgan fingerprint density at radius 3 is 2.69 bits per heavy atom. The van der Waals surface area contributed by atoms with Gasteiger partial charge in [0.25, 0.3) is 5.56 Å². The van der Waals surface area contributed by atoms with Crippen molar-refractivity contribution >= 4 is 39.7 Å². The molecule has 0 aliphatic rings. The third kappa shape index (κ3) is 4.47. The maximum Gasteiger partial charge on any atom is 0.266 e. The molecule has 4 aromatic rings. The highest BCUT2D eigenvalue weighted by Gasteiger charge is 2.26. The standard InChI is InChI=1S/C25H24ClN3O2S/c1-3-13-28(23(30)16-20-10-7-14-32-20)17(2)24-27-22-12-5-4-11-21(22)25(31)29(24)19-9-6-8-18(26)15-19/h4-12,14-15,17H,3,13,16H2,1-2H3. The molecule has 0 radical (unpaired) electrons. The van der Waals surface area contributed by atoms with E-state index in [1.54, 1.807) is 40.2 Å². The van der Waals surface area contributed by atoms with Crippen molar-refractivity contribution < 1.29 is 4.79 Å². The largest absolute Gasteiger partial charge is 0.332 e. The summed E-state index contributed by atoms with van der Waals surface area (Å²) in [5.74, 6) is 0.533. The fourth-order valence-electron chi connectivity index (χ4n) is 3.87. The highest BCUT2D eigenvalue weighted by atomic mass is 35.5. The average Bonchev–Trinajstić information content (AvgIpc) is 3.30. The van der Waals surface area contributed by atoms with E-state index in [1.165, 1.54) is 0 Å². The van der Waals surface area contributed by atoms with E-state index < -0.39 is 6.04 Å². The van der Waals surface area contributed by atoms with E-state index in [-0.39, 0.29) is 11.5 Å². The van der Waals surface area contributed by atoms with Crippen molar-refractivity contribution in [3.63, 3.8) is 0 Å². The Balaban J connectivity index is 1.86. The van der Waals surface area contributed by atoms with Gasteiger partial charge in [-0.05, 0) is 55.1 Å². The topological polar surface area (TPSA) is 55.2 Å². The summed E-state index contributed by atoms with van der Waals surface area (Å²) in [5.41, 5.74) is 1.06. The fourth-order valence-corrected chi connectivity index (χ4v) is 4.75. The molecule has 164 valence electrons. The predicted molar refractivity (Wildman–Crippen MR) is 131 cm³/mol. The van der Waals surface area contributed by atoms with Gasteiger partial charge in [-0.3, -0.25) is 14.2 Å². The van der Waals surface area contributed by atoms with Crippen molar-refractivity contribution in [3.8, 4) is 5.69 Å².